The highest BCUT2D eigenvalue weighted by atomic mass is 79.9. The smallest absolute Gasteiger partial charge is 0.0849 e. The van der Waals surface area contributed by atoms with Crippen LogP contribution >= 0.6 is 31.9 Å². The minimum Gasteiger partial charge on any atom is -0.373 e. The van der Waals surface area contributed by atoms with E-state index in [1.165, 1.54) is 5.56 Å². The van der Waals surface area contributed by atoms with Gasteiger partial charge >= 0.3 is 0 Å². The molecule has 1 N–H and O–H groups in total. The van der Waals surface area contributed by atoms with Crippen molar-refractivity contribution >= 4 is 31.9 Å². The van der Waals surface area contributed by atoms with Crippen LogP contribution in [0.1, 0.15) is 38.3 Å². The van der Waals surface area contributed by atoms with Crippen LogP contribution in [0.4, 0.5) is 0 Å². The molecular weight excluding hydrogens is 358 g/mol. The number of ether oxygens (including phenoxy) is 1. The second-order valence-electron chi connectivity index (χ2n) is 4.92. The third kappa shape index (κ3) is 2.98. The van der Waals surface area contributed by atoms with Gasteiger partial charge in [0.1, 0.15) is 0 Å². The van der Waals surface area contributed by atoms with E-state index in [4.69, 9.17) is 4.74 Å². The van der Waals surface area contributed by atoms with Gasteiger partial charge in [0.25, 0.3) is 0 Å². The maximum atomic E-state index is 6.01. The largest absolute Gasteiger partial charge is 0.373 e. The number of likely N-dealkylation sites (N-methyl/N-ethyl adjacent to an activating group) is 1. The number of rotatable bonds is 4. The predicted octanol–water partition coefficient (Wildman–Crippen LogP) is 4.43. The monoisotopic (exact) mass is 375 g/mol. The summed E-state index contributed by atoms with van der Waals surface area (Å²) in [6.07, 6.45) is 2.24. The molecule has 2 unspecified atom stereocenters. The van der Waals surface area contributed by atoms with Crippen LogP contribution in [0.25, 0.3) is 0 Å². The summed E-state index contributed by atoms with van der Waals surface area (Å²) in [7, 11) is 0. The fourth-order valence-electron chi connectivity index (χ4n) is 2.62. The number of hydrogen-bond acceptors (Lipinski definition) is 2. The van der Waals surface area contributed by atoms with E-state index in [0.29, 0.717) is 0 Å². The summed E-state index contributed by atoms with van der Waals surface area (Å²) in [4.78, 5) is 0. The first kappa shape index (κ1) is 14.5. The molecule has 0 aliphatic carbocycles. The highest BCUT2D eigenvalue weighted by Gasteiger charge is 2.39. The number of nitrogens with one attached hydrogen (secondary N) is 1. The van der Waals surface area contributed by atoms with E-state index in [0.717, 1.165) is 34.9 Å². The second kappa shape index (κ2) is 6.04. The average Bonchev–Trinajstić information content (AvgIpc) is 2.77. The lowest BCUT2D eigenvalue weighted by Crippen LogP contribution is -2.41. The molecule has 1 aliphatic heterocycles. The van der Waals surface area contributed by atoms with Gasteiger partial charge in [-0.05, 0) is 50.1 Å². The van der Waals surface area contributed by atoms with Crippen LogP contribution < -0.4 is 5.32 Å². The van der Waals surface area contributed by atoms with E-state index in [9.17, 15) is 0 Å². The van der Waals surface area contributed by atoms with Crippen LogP contribution in [-0.4, -0.2) is 18.8 Å². The van der Waals surface area contributed by atoms with Crippen molar-refractivity contribution in [2.75, 3.05) is 13.2 Å². The van der Waals surface area contributed by atoms with Crippen molar-refractivity contribution in [1.82, 2.24) is 5.32 Å². The van der Waals surface area contributed by atoms with Gasteiger partial charge in [0, 0.05) is 15.6 Å². The Kier molecular flexibility index (Phi) is 4.86. The molecule has 1 saturated heterocycles. The molecule has 0 amide bonds. The molecule has 0 spiro atoms. The van der Waals surface area contributed by atoms with E-state index in [2.05, 4.69) is 69.2 Å². The summed E-state index contributed by atoms with van der Waals surface area (Å²) in [5.74, 6) is 0. The summed E-state index contributed by atoms with van der Waals surface area (Å²) >= 11 is 7.21. The SMILES string of the molecule is CCNC(c1cc(Br)ccc1Br)C1(C)CCCO1. The first-order chi connectivity index (χ1) is 8.57. The Morgan fingerprint density at radius 3 is 2.83 bits per heavy atom. The van der Waals surface area contributed by atoms with E-state index in [1.807, 2.05) is 0 Å². The fraction of sp³-hybridized carbons (Fsp3) is 0.571. The van der Waals surface area contributed by atoms with Gasteiger partial charge < -0.3 is 10.1 Å². The molecule has 0 radical (unpaired) electrons. The molecule has 1 aromatic rings. The average molecular weight is 377 g/mol. The van der Waals surface area contributed by atoms with E-state index >= 15 is 0 Å². The van der Waals surface area contributed by atoms with Crippen LogP contribution in [0.5, 0.6) is 0 Å². The van der Waals surface area contributed by atoms with Gasteiger partial charge in [-0.15, -0.1) is 0 Å². The van der Waals surface area contributed by atoms with Crippen molar-refractivity contribution in [2.45, 2.75) is 38.3 Å². The summed E-state index contributed by atoms with van der Waals surface area (Å²) in [6.45, 7) is 6.14. The first-order valence-corrected chi connectivity index (χ1v) is 7.98. The van der Waals surface area contributed by atoms with Crippen molar-refractivity contribution in [3.8, 4) is 0 Å². The molecular formula is C14H19Br2NO. The Morgan fingerprint density at radius 2 is 2.22 bits per heavy atom. The van der Waals surface area contributed by atoms with Gasteiger partial charge in [-0.25, -0.2) is 0 Å². The maximum Gasteiger partial charge on any atom is 0.0849 e. The summed E-state index contributed by atoms with van der Waals surface area (Å²) in [5.41, 5.74) is 1.15. The third-order valence-electron chi connectivity index (χ3n) is 3.54. The third-order valence-corrected chi connectivity index (χ3v) is 4.75. The van der Waals surface area contributed by atoms with Gasteiger partial charge in [0.05, 0.1) is 11.6 Å². The van der Waals surface area contributed by atoms with Crippen LogP contribution in [0.3, 0.4) is 0 Å². The lowest BCUT2D eigenvalue weighted by Gasteiger charge is -2.35. The van der Waals surface area contributed by atoms with E-state index in [-0.39, 0.29) is 11.6 Å². The molecule has 1 aromatic carbocycles. The quantitative estimate of drug-likeness (QED) is 0.839. The zero-order valence-corrected chi connectivity index (χ0v) is 14.0. The number of halogens is 2. The molecule has 0 saturated carbocycles. The van der Waals surface area contributed by atoms with Crippen molar-refractivity contribution in [3.05, 3.63) is 32.7 Å². The molecule has 4 heteroatoms. The predicted molar refractivity (Wildman–Crippen MR) is 81.9 cm³/mol. The Morgan fingerprint density at radius 1 is 1.44 bits per heavy atom. The molecule has 2 atom stereocenters. The second-order valence-corrected chi connectivity index (χ2v) is 6.69. The lowest BCUT2D eigenvalue weighted by molar-refractivity contribution is -0.0123. The molecule has 1 heterocycles. The first-order valence-electron chi connectivity index (χ1n) is 6.39. The number of benzene rings is 1. The van der Waals surface area contributed by atoms with Gasteiger partial charge in [-0.2, -0.15) is 0 Å². The van der Waals surface area contributed by atoms with Gasteiger partial charge in [-0.1, -0.05) is 38.8 Å². The normalized spacial score (nSPS) is 25.3. The molecule has 100 valence electrons. The molecule has 1 aliphatic rings. The van der Waals surface area contributed by atoms with Crippen molar-refractivity contribution in [3.63, 3.8) is 0 Å². The van der Waals surface area contributed by atoms with Crippen LogP contribution in [0, 0.1) is 0 Å². The molecule has 1 fully saturated rings. The number of hydrogen-bond donors (Lipinski definition) is 1. The van der Waals surface area contributed by atoms with Gasteiger partial charge in [0.2, 0.25) is 0 Å². The van der Waals surface area contributed by atoms with Gasteiger partial charge in [-0.3, -0.25) is 0 Å². The van der Waals surface area contributed by atoms with Crippen LogP contribution in [-0.2, 0) is 4.74 Å². The Bertz CT molecular complexity index is 416. The zero-order valence-electron chi connectivity index (χ0n) is 10.8. The van der Waals surface area contributed by atoms with Crippen molar-refractivity contribution < 1.29 is 4.74 Å². The Hall–Kier alpha value is 0.1000. The van der Waals surface area contributed by atoms with Crippen molar-refractivity contribution in [2.24, 2.45) is 0 Å². The standard InChI is InChI=1S/C14H19Br2NO/c1-3-17-13(14(2)7-4-8-18-14)11-9-10(15)5-6-12(11)16/h5-6,9,13,17H,3-4,7-8H2,1-2H3. The maximum absolute atomic E-state index is 6.01. The van der Waals surface area contributed by atoms with Crippen LogP contribution in [0.15, 0.2) is 27.1 Å². The van der Waals surface area contributed by atoms with E-state index in [1.54, 1.807) is 0 Å². The van der Waals surface area contributed by atoms with Gasteiger partial charge in [0.15, 0.2) is 0 Å². The van der Waals surface area contributed by atoms with Crippen molar-refractivity contribution in [1.29, 1.82) is 0 Å². The Balaban J connectivity index is 2.37. The summed E-state index contributed by atoms with van der Waals surface area (Å²) in [5, 5.41) is 3.57. The summed E-state index contributed by atoms with van der Waals surface area (Å²) in [6, 6.07) is 6.53. The Labute approximate surface area is 126 Å². The lowest BCUT2D eigenvalue weighted by atomic mass is 9.87. The molecule has 0 aromatic heterocycles. The molecule has 2 nitrogen and oxygen atoms in total. The summed E-state index contributed by atoms with van der Waals surface area (Å²) < 4.78 is 8.24. The molecule has 0 bridgehead atoms. The minimum atomic E-state index is -0.112. The highest BCUT2D eigenvalue weighted by Crippen LogP contribution is 2.40. The zero-order chi connectivity index (χ0) is 13.2. The van der Waals surface area contributed by atoms with Crippen LogP contribution in [0.2, 0.25) is 0 Å². The van der Waals surface area contributed by atoms with E-state index < -0.39 is 0 Å². The molecule has 2 rings (SSSR count). The minimum absolute atomic E-state index is 0.112. The fourth-order valence-corrected chi connectivity index (χ4v) is 3.48. The molecule has 18 heavy (non-hydrogen) atoms. The highest BCUT2D eigenvalue weighted by molar-refractivity contribution is 9.11. The topological polar surface area (TPSA) is 21.3 Å².